The first kappa shape index (κ1) is 16.9. The summed E-state index contributed by atoms with van der Waals surface area (Å²) in [6, 6.07) is 13.6. The molecule has 1 N–H and O–H groups in total. The summed E-state index contributed by atoms with van der Waals surface area (Å²) in [6.07, 6.45) is 10.2. The molecule has 0 bridgehead atoms. The first-order valence-corrected chi connectivity index (χ1v) is 9.11. The lowest BCUT2D eigenvalue weighted by Crippen LogP contribution is -2.07. The molecule has 0 spiro atoms. The van der Waals surface area contributed by atoms with Gasteiger partial charge in [0.25, 0.3) is 0 Å². The SMILES string of the molecule is O=C(/C=C/c1cnn(-c2ccccc2)c1)Nc1nc(-c2cccnc2)cs1. The minimum atomic E-state index is -0.241. The number of carbonyl (C=O) groups is 1. The Bertz CT molecular complexity index is 1070. The number of amides is 1. The van der Waals surface area contributed by atoms with Crippen molar-refractivity contribution in [3.8, 4) is 16.9 Å². The second kappa shape index (κ2) is 7.76. The number of aromatic nitrogens is 4. The molecular formula is C20H15N5OS. The third-order valence-electron chi connectivity index (χ3n) is 3.74. The van der Waals surface area contributed by atoms with Gasteiger partial charge in [0, 0.05) is 41.2 Å². The predicted molar refractivity (Wildman–Crippen MR) is 107 cm³/mol. The standard InChI is InChI=1S/C20H15N5OS/c26-19(24-20-23-18(14-27-20)16-5-4-10-21-12-16)9-8-15-11-22-25(13-15)17-6-2-1-3-7-17/h1-14H,(H,23,24,26)/b9-8+. The number of thiazole rings is 1. The fraction of sp³-hybridized carbons (Fsp3) is 0. The van der Waals surface area contributed by atoms with E-state index >= 15 is 0 Å². The second-order valence-electron chi connectivity index (χ2n) is 5.66. The Hall–Kier alpha value is -3.58. The molecule has 0 saturated heterocycles. The first-order valence-electron chi connectivity index (χ1n) is 8.23. The van der Waals surface area contributed by atoms with Crippen molar-refractivity contribution in [2.45, 2.75) is 0 Å². The number of rotatable bonds is 5. The van der Waals surface area contributed by atoms with Gasteiger partial charge in [-0.3, -0.25) is 15.1 Å². The molecule has 6 nitrogen and oxygen atoms in total. The number of nitrogens with one attached hydrogen (secondary N) is 1. The molecule has 0 radical (unpaired) electrons. The van der Waals surface area contributed by atoms with Gasteiger partial charge in [-0.15, -0.1) is 11.3 Å². The van der Waals surface area contributed by atoms with Crippen LogP contribution in [0.5, 0.6) is 0 Å². The Morgan fingerprint density at radius 3 is 2.81 bits per heavy atom. The molecule has 27 heavy (non-hydrogen) atoms. The van der Waals surface area contributed by atoms with Crippen molar-refractivity contribution in [3.63, 3.8) is 0 Å². The molecule has 4 rings (SSSR count). The van der Waals surface area contributed by atoms with Gasteiger partial charge in [0.15, 0.2) is 5.13 Å². The number of pyridine rings is 1. The fourth-order valence-corrected chi connectivity index (χ4v) is 3.16. The zero-order valence-corrected chi connectivity index (χ0v) is 15.0. The van der Waals surface area contributed by atoms with Crippen LogP contribution in [0, 0.1) is 0 Å². The summed E-state index contributed by atoms with van der Waals surface area (Å²) >= 11 is 1.37. The molecule has 0 aliphatic rings. The van der Waals surface area contributed by atoms with E-state index in [1.165, 1.54) is 17.4 Å². The van der Waals surface area contributed by atoms with Crippen LogP contribution in [0.15, 0.2) is 78.7 Å². The van der Waals surface area contributed by atoms with Gasteiger partial charge in [-0.25, -0.2) is 9.67 Å². The van der Waals surface area contributed by atoms with Gasteiger partial charge in [0.2, 0.25) is 5.91 Å². The third kappa shape index (κ3) is 4.16. The van der Waals surface area contributed by atoms with E-state index < -0.39 is 0 Å². The minimum Gasteiger partial charge on any atom is -0.298 e. The minimum absolute atomic E-state index is 0.241. The van der Waals surface area contributed by atoms with Gasteiger partial charge in [-0.2, -0.15) is 5.10 Å². The molecule has 3 heterocycles. The van der Waals surface area contributed by atoms with Crippen LogP contribution in [0.1, 0.15) is 5.56 Å². The van der Waals surface area contributed by atoms with E-state index in [-0.39, 0.29) is 5.91 Å². The Labute approximate surface area is 159 Å². The van der Waals surface area contributed by atoms with Crippen molar-refractivity contribution in [3.05, 3.63) is 84.3 Å². The molecule has 1 aromatic carbocycles. The summed E-state index contributed by atoms with van der Waals surface area (Å²) < 4.78 is 1.76. The molecule has 1 amide bonds. The summed E-state index contributed by atoms with van der Waals surface area (Å²) in [5.74, 6) is -0.241. The Morgan fingerprint density at radius 2 is 2.00 bits per heavy atom. The van der Waals surface area contributed by atoms with E-state index in [4.69, 9.17) is 0 Å². The molecule has 0 atom stereocenters. The summed E-state index contributed by atoms with van der Waals surface area (Å²) in [5.41, 5.74) is 3.51. The van der Waals surface area contributed by atoms with Crippen LogP contribution in [-0.2, 0) is 4.79 Å². The maximum atomic E-state index is 12.1. The second-order valence-corrected chi connectivity index (χ2v) is 6.51. The maximum Gasteiger partial charge on any atom is 0.250 e. The first-order chi connectivity index (χ1) is 13.3. The van der Waals surface area contributed by atoms with Crippen LogP contribution >= 0.6 is 11.3 Å². The third-order valence-corrected chi connectivity index (χ3v) is 4.50. The highest BCUT2D eigenvalue weighted by Gasteiger charge is 2.06. The van der Waals surface area contributed by atoms with Gasteiger partial charge < -0.3 is 0 Å². The van der Waals surface area contributed by atoms with Gasteiger partial charge >= 0.3 is 0 Å². The van der Waals surface area contributed by atoms with Gasteiger partial charge in [-0.05, 0) is 30.3 Å². The van der Waals surface area contributed by atoms with Crippen LogP contribution in [-0.4, -0.2) is 25.7 Å². The van der Waals surface area contributed by atoms with Crippen molar-refractivity contribution < 1.29 is 4.79 Å². The van der Waals surface area contributed by atoms with Crippen molar-refractivity contribution >= 4 is 28.5 Å². The Kier molecular flexibility index (Phi) is 4.84. The lowest BCUT2D eigenvalue weighted by Gasteiger charge is -1.98. The number of benzene rings is 1. The van der Waals surface area contributed by atoms with Crippen molar-refractivity contribution in [2.24, 2.45) is 0 Å². The van der Waals surface area contributed by atoms with E-state index in [9.17, 15) is 4.79 Å². The molecule has 4 aromatic rings. The van der Waals surface area contributed by atoms with Crippen LogP contribution in [0.2, 0.25) is 0 Å². The lowest BCUT2D eigenvalue weighted by atomic mass is 10.2. The molecule has 0 unspecified atom stereocenters. The number of hydrogen-bond acceptors (Lipinski definition) is 5. The highest BCUT2D eigenvalue weighted by molar-refractivity contribution is 7.14. The topological polar surface area (TPSA) is 72.7 Å². The molecule has 132 valence electrons. The largest absolute Gasteiger partial charge is 0.298 e. The molecular weight excluding hydrogens is 358 g/mol. The van der Waals surface area contributed by atoms with Crippen LogP contribution in [0.25, 0.3) is 23.0 Å². The zero-order valence-electron chi connectivity index (χ0n) is 14.2. The van der Waals surface area contributed by atoms with E-state index in [1.807, 2.05) is 54.0 Å². The normalized spacial score (nSPS) is 11.0. The van der Waals surface area contributed by atoms with Gasteiger partial charge in [0.05, 0.1) is 17.6 Å². The molecule has 0 aliphatic heterocycles. The average molecular weight is 373 g/mol. The van der Waals surface area contributed by atoms with Crippen molar-refractivity contribution in [2.75, 3.05) is 5.32 Å². The smallest absolute Gasteiger partial charge is 0.250 e. The van der Waals surface area contributed by atoms with Crippen LogP contribution in [0.4, 0.5) is 5.13 Å². The molecule has 0 aliphatic carbocycles. The number of anilines is 1. The lowest BCUT2D eigenvalue weighted by molar-refractivity contribution is -0.111. The Balaban J connectivity index is 1.40. The summed E-state index contributed by atoms with van der Waals surface area (Å²) in [7, 11) is 0. The van der Waals surface area contributed by atoms with E-state index in [1.54, 1.807) is 29.3 Å². The summed E-state index contributed by atoms with van der Waals surface area (Å²) in [4.78, 5) is 20.6. The number of carbonyl (C=O) groups excluding carboxylic acids is 1. The van der Waals surface area contributed by atoms with E-state index in [0.29, 0.717) is 5.13 Å². The van der Waals surface area contributed by atoms with E-state index in [0.717, 1.165) is 22.5 Å². The maximum absolute atomic E-state index is 12.1. The van der Waals surface area contributed by atoms with Gasteiger partial charge in [-0.1, -0.05) is 18.2 Å². The summed E-state index contributed by atoms with van der Waals surface area (Å²) in [6.45, 7) is 0. The predicted octanol–water partition coefficient (Wildman–Crippen LogP) is 4.04. The van der Waals surface area contributed by atoms with Crippen LogP contribution in [0.3, 0.4) is 0 Å². The average Bonchev–Trinajstić information content (AvgIpc) is 3.37. The monoisotopic (exact) mass is 373 g/mol. The van der Waals surface area contributed by atoms with Crippen molar-refractivity contribution in [1.82, 2.24) is 19.7 Å². The number of nitrogens with zero attached hydrogens (tertiary/aromatic N) is 4. The highest BCUT2D eigenvalue weighted by Crippen LogP contribution is 2.24. The molecule has 0 saturated carbocycles. The fourth-order valence-electron chi connectivity index (χ4n) is 2.44. The molecule has 0 fully saturated rings. The highest BCUT2D eigenvalue weighted by atomic mass is 32.1. The molecule has 7 heteroatoms. The number of para-hydroxylation sites is 1. The summed E-state index contributed by atoms with van der Waals surface area (Å²) in [5, 5.41) is 9.51. The number of hydrogen-bond donors (Lipinski definition) is 1. The zero-order chi connectivity index (χ0) is 18.5. The Morgan fingerprint density at radius 1 is 1.11 bits per heavy atom. The van der Waals surface area contributed by atoms with Crippen LogP contribution < -0.4 is 5.32 Å². The van der Waals surface area contributed by atoms with E-state index in [2.05, 4.69) is 20.4 Å². The molecule has 3 aromatic heterocycles. The van der Waals surface area contributed by atoms with Gasteiger partial charge in [0.1, 0.15) is 0 Å². The quantitative estimate of drug-likeness (QED) is 0.536. The van der Waals surface area contributed by atoms with Crippen molar-refractivity contribution in [1.29, 1.82) is 0 Å².